The van der Waals surface area contributed by atoms with Gasteiger partial charge in [-0.25, -0.2) is 9.67 Å². The molecular weight excluding hydrogens is 477 g/mol. The van der Waals surface area contributed by atoms with E-state index in [0.717, 1.165) is 17.8 Å². The molecule has 36 heavy (non-hydrogen) atoms. The summed E-state index contributed by atoms with van der Waals surface area (Å²) in [5, 5.41) is 6.93. The Morgan fingerprint density at radius 1 is 1.08 bits per heavy atom. The van der Waals surface area contributed by atoms with Gasteiger partial charge in [-0.05, 0) is 48.9 Å². The van der Waals surface area contributed by atoms with Gasteiger partial charge in [0.25, 0.3) is 5.91 Å². The average molecular weight is 496 g/mol. The molecule has 184 valence electrons. The molecule has 0 bridgehead atoms. The number of fused-ring (bicyclic) bond motifs is 1. The Labute approximate surface area is 203 Å². The van der Waals surface area contributed by atoms with Crippen LogP contribution in [-0.4, -0.2) is 27.5 Å². The Balaban J connectivity index is 1.25. The van der Waals surface area contributed by atoms with E-state index in [0.29, 0.717) is 28.6 Å². The lowest BCUT2D eigenvalue weighted by Gasteiger charge is -2.10. The molecule has 2 aromatic heterocycles. The highest BCUT2D eigenvalue weighted by atomic mass is 19.4. The Morgan fingerprint density at radius 3 is 2.69 bits per heavy atom. The zero-order valence-electron chi connectivity index (χ0n) is 18.9. The molecular formula is C25H19F3N4O4. The van der Waals surface area contributed by atoms with Gasteiger partial charge >= 0.3 is 6.18 Å². The number of nitrogens with zero attached hydrogens (tertiary/aromatic N) is 3. The number of hydrogen-bond donors (Lipinski definition) is 1. The van der Waals surface area contributed by atoms with Crippen molar-refractivity contribution in [1.82, 2.24) is 14.8 Å². The highest BCUT2D eigenvalue weighted by Gasteiger charge is 2.31. The van der Waals surface area contributed by atoms with Gasteiger partial charge in [0.2, 0.25) is 6.79 Å². The predicted octanol–water partition coefficient (Wildman–Crippen LogP) is 5.15. The van der Waals surface area contributed by atoms with Crippen LogP contribution < -0.4 is 19.5 Å². The van der Waals surface area contributed by atoms with E-state index < -0.39 is 17.6 Å². The van der Waals surface area contributed by atoms with Crippen LogP contribution in [0.25, 0.3) is 5.82 Å². The number of rotatable bonds is 6. The summed E-state index contributed by atoms with van der Waals surface area (Å²) in [7, 11) is 0. The lowest BCUT2D eigenvalue weighted by molar-refractivity contribution is -0.137. The van der Waals surface area contributed by atoms with Crippen LogP contribution in [0, 0.1) is 6.92 Å². The van der Waals surface area contributed by atoms with Crippen molar-refractivity contribution in [3.8, 4) is 23.1 Å². The average Bonchev–Trinajstić information content (AvgIpc) is 3.48. The number of carbonyl (C=O) groups excluding carboxylic acids is 1. The van der Waals surface area contributed by atoms with Crippen LogP contribution in [0.5, 0.6) is 17.2 Å². The largest absolute Gasteiger partial charge is 0.489 e. The van der Waals surface area contributed by atoms with E-state index >= 15 is 0 Å². The second-order valence-corrected chi connectivity index (χ2v) is 7.92. The van der Waals surface area contributed by atoms with E-state index in [2.05, 4.69) is 15.4 Å². The fourth-order valence-electron chi connectivity index (χ4n) is 3.61. The van der Waals surface area contributed by atoms with Crippen LogP contribution in [0.3, 0.4) is 0 Å². The number of ether oxygens (including phenoxy) is 3. The summed E-state index contributed by atoms with van der Waals surface area (Å²) in [6.45, 7) is 2.08. The van der Waals surface area contributed by atoms with Crippen molar-refractivity contribution in [3.05, 3.63) is 89.4 Å². The first-order valence-electron chi connectivity index (χ1n) is 10.8. The molecule has 0 saturated heterocycles. The Hall–Kier alpha value is -4.54. The smallest absolute Gasteiger partial charge is 0.417 e. The highest BCUT2D eigenvalue weighted by molar-refractivity contribution is 6.05. The van der Waals surface area contributed by atoms with Crippen molar-refractivity contribution in [1.29, 1.82) is 0 Å². The van der Waals surface area contributed by atoms with Gasteiger partial charge in [0, 0.05) is 18.0 Å². The number of nitrogens with one attached hydrogen (secondary N) is 1. The van der Waals surface area contributed by atoms with Crippen LogP contribution in [-0.2, 0) is 12.8 Å². The molecule has 5 rings (SSSR count). The zero-order valence-corrected chi connectivity index (χ0v) is 18.9. The molecule has 4 aromatic rings. The molecule has 1 amide bonds. The normalized spacial score (nSPS) is 12.4. The number of aromatic nitrogens is 3. The summed E-state index contributed by atoms with van der Waals surface area (Å²) in [5.74, 6) is 1.66. The Bertz CT molecular complexity index is 1420. The van der Waals surface area contributed by atoms with Crippen LogP contribution in [0.4, 0.5) is 18.9 Å². The standard InChI is InChI=1S/C25H19F3N4O4/c1-15-20(12-30-32(15)23-8-5-17(11-29-23)25(26,27)28)24(33)31-18-4-2-3-16(9-18)13-34-19-6-7-21-22(10-19)36-14-35-21/h2-12H,13-14H2,1H3,(H,31,33). The number of pyridine rings is 1. The molecule has 1 aliphatic heterocycles. The summed E-state index contributed by atoms with van der Waals surface area (Å²) in [6.07, 6.45) is -2.41. The number of carbonyl (C=O) groups is 1. The van der Waals surface area contributed by atoms with E-state index in [1.807, 2.05) is 6.07 Å². The van der Waals surface area contributed by atoms with E-state index in [4.69, 9.17) is 14.2 Å². The maximum Gasteiger partial charge on any atom is 0.417 e. The van der Waals surface area contributed by atoms with Crippen molar-refractivity contribution in [3.63, 3.8) is 0 Å². The Morgan fingerprint density at radius 2 is 1.92 bits per heavy atom. The van der Waals surface area contributed by atoms with Gasteiger partial charge in [0.05, 0.1) is 23.0 Å². The van der Waals surface area contributed by atoms with E-state index in [-0.39, 0.29) is 24.8 Å². The summed E-state index contributed by atoms with van der Waals surface area (Å²) >= 11 is 0. The molecule has 0 saturated carbocycles. The Kier molecular flexibility index (Phi) is 5.96. The zero-order chi connectivity index (χ0) is 25.3. The second-order valence-electron chi connectivity index (χ2n) is 7.92. The van der Waals surface area contributed by atoms with Crippen LogP contribution in [0.2, 0.25) is 0 Å². The van der Waals surface area contributed by atoms with Gasteiger partial charge in [-0.3, -0.25) is 4.79 Å². The van der Waals surface area contributed by atoms with Crippen molar-refractivity contribution in [2.45, 2.75) is 19.7 Å². The molecule has 0 spiro atoms. The lowest BCUT2D eigenvalue weighted by atomic mass is 10.2. The third-order valence-corrected chi connectivity index (χ3v) is 5.48. The minimum absolute atomic E-state index is 0.169. The number of hydrogen-bond acceptors (Lipinski definition) is 6. The van der Waals surface area contributed by atoms with Gasteiger partial charge in [-0.1, -0.05) is 12.1 Å². The monoisotopic (exact) mass is 496 g/mol. The maximum atomic E-state index is 12.9. The van der Waals surface area contributed by atoms with Gasteiger partial charge in [0.1, 0.15) is 12.4 Å². The topological polar surface area (TPSA) is 87.5 Å². The van der Waals surface area contributed by atoms with E-state index in [1.54, 1.807) is 43.3 Å². The molecule has 3 heterocycles. The molecule has 1 N–H and O–H groups in total. The van der Waals surface area contributed by atoms with Crippen LogP contribution in [0.15, 0.2) is 67.0 Å². The highest BCUT2D eigenvalue weighted by Crippen LogP contribution is 2.35. The third-order valence-electron chi connectivity index (χ3n) is 5.48. The summed E-state index contributed by atoms with van der Waals surface area (Å²) in [4.78, 5) is 16.7. The van der Waals surface area contributed by atoms with E-state index in [9.17, 15) is 18.0 Å². The number of alkyl halides is 3. The lowest BCUT2D eigenvalue weighted by Crippen LogP contribution is -2.13. The van der Waals surface area contributed by atoms with E-state index in [1.165, 1.54) is 16.9 Å². The van der Waals surface area contributed by atoms with Gasteiger partial charge in [-0.2, -0.15) is 18.3 Å². The molecule has 8 nitrogen and oxygen atoms in total. The van der Waals surface area contributed by atoms with Gasteiger partial charge in [-0.15, -0.1) is 0 Å². The maximum absolute atomic E-state index is 12.9. The van der Waals surface area contributed by atoms with Crippen molar-refractivity contribution in [2.75, 3.05) is 12.1 Å². The number of benzene rings is 2. The molecule has 0 radical (unpaired) electrons. The first-order valence-corrected chi connectivity index (χ1v) is 10.8. The minimum Gasteiger partial charge on any atom is -0.489 e. The second kappa shape index (κ2) is 9.25. The summed E-state index contributed by atoms with van der Waals surface area (Å²) in [6, 6.07) is 14.6. The first kappa shape index (κ1) is 23.2. The number of halogens is 3. The summed E-state index contributed by atoms with van der Waals surface area (Å²) in [5.41, 5.74) is 1.20. The molecule has 2 aromatic carbocycles. The third kappa shape index (κ3) is 4.81. The molecule has 0 fully saturated rings. The fourth-order valence-corrected chi connectivity index (χ4v) is 3.61. The molecule has 11 heteroatoms. The molecule has 0 unspecified atom stereocenters. The fraction of sp³-hybridized carbons (Fsp3) is 0.160. The SMILES string of the molecule is Cc1c(C(=O)Nc2cccc(COc3ccc4c(c3)OCO4)c2)cnn1-c1ccc(C(F)(F)F)cn1. The quantitative estimate of drug-likeness (QED) is 0.397. The minimum atomic E-state index is -4.49. The number of anilines is 1. The predicted molar refractivity (Wildman–Crippen MR) is 122 cm³/mol. The van der Waals surface area contributed by atoms with Gasteiger partial charge in [0.15, 0.2) is 17.3 Å². The van der Waals surface area contributed by atoms with Crippen LogP contribution in [0.1, 0.15) is 27.2 Å². The molecule has 0 atom stereocenters. The van der Waals surface area contributed by atoms with Crippen LogP contribution >= 0.6 is 0 Å². The molecule has 1 aliphatic rings. The van der Waals surface area contributed by atoms with Crippen molar-refractivity contribution < 1.29 is 32.2 Å². The molecule has 0 aliphatic carbocycles. The van der Waals surface area contributed by atoms with Gasteiger partial charge < -0.3 is 19.5 Å². The van der Waals surface area contributed by atoms with Crippen molar-refractivity contribution in [2.24, 2.45) is 0 Å². The van der Waals surface area contributed by atoms with Crippen molar-refractivity contribution >= 4 is 11.6 Å². The number of amides is 1. The summed E-state index contributed by atoms with van der Waals surface area (Å²) < 4.78 is 56.2. The first-order chi connectivity index (χ1) is 17.3.